The largest absolute Gasteiger partial charge is 0.410 e. The van der Waals surface area contributed by atoms with Crippen molar-refractivity contribution in [2.24, 2.45) is 0 Å². The van der Waals surface area contributed by atoms with Crippen molar-refractivity contribution in [3.05, 3.63) is 76.6 Å². The number of hydrogen-bond donors (Lipinski definition) is 1. The predicted molar refractivity (Wildman–Crippen MR) is 91.1 cm³/mol. The summed E-state index contributed by atoms with van der Waals surface area (Å²) in [5.74, 6) is 1.34. The number of halogens is 1. The van der Waals surface area contributed by atoms with Crippen LogP contribution in [0, 0.1) is 0 Å². The van der Waals surface area contributed by atoms with E-state index in [1.807, 2.05) is 42.5 Å². The highest BCUT2D eigenvalue weighted by atomic mass is 35.5. The molecule has 0 aliphatic heterocycles. The number of aromatic nitrogens is 2. The molecule has 0 saturated heterocycles. The SMILES string of the molecule is [NH3+]C(Cc1ccccc1)c1nnc(SCc2ccc(Cl)cc2)o1. The van der Waals surface area contributed by atoms with Crippen LogP contribution in [0.1, 0.15) is 23.1 Å². The Hall–Kier alpha value is -1.82. The van der Waals surface area contributed by atoms with Crippen molar-refractivity contribution >= 4 is 23.4 Å². The van der Waals surface area contributed by atoms with Gasteiger partial charge in [0.1, 0.15) is 0 Å². The van der Waals surface area contributed by atoms with Crippen molar-refractivity contribution in [2.75, 3.05) is 0 Å². The van der Waals surface area contributed by atoms with E-state index >= 15 is 0 Å². The van der Waals surface area contributed by atoms with Crippen LogP contribution >= 0.6 is 23.4 Å². The van der Waals surface area contributed by atoms with E-state index in [4.69, 9.17) is 16.0 Å². The van der Waals surface area contributed by atoms with Crippen LogP contribution in [0.3, 0.4) is 0 Å². The van der Waals surface area contributed by atoms with Crippen molar-refractivity contribution in [1.82, 2.24) is 10.2 Å². The summed E-state index contributed by atoms with van der Waals surface area (Å²) < 4.78 is 5.72. The smallest absolute Gasteiger partial charge is 0.277 e. The van der Waals surface area contributed by atoms with Gasteiger partial charge in [0.25, 0.3) is 11.1 Å². The number of quaternary nitrogens is 1. The van der Waals surface area contributed by atoms with Crippen molar-refractivity contribution in [3.63, 3.8) is 0 Å². The highest BCUT2D eigenvalue weighted by molar-refractivity contribution is 7.98. The zero-order valence-corrected chi connectivity index (χ0v) is 14.1. The van der Waals surface area contributed by atoms with E-state index in [9.17, 15) is 0 Å². The first-order valence-electron chi connectivity index (χ1n) is 7.28. The fraction of sp³-hybridized carbons (Fsp3) is 0.176. The molecule has 3 aromatic rings. The van der Waals surface area contributed by atoms with Gasteiger partial charge in [0, 0.05) is 17.2 Å². The number of nitrogens with zero attached hydrogens (tertiary/aromatic N) is 2. The minimum absolute atomic E-state index is 0.0465. The average Bonchev–Trinajstić information content (AvgIpc) is 3.04. The number of rotatable bonds is 6. The minimum Gasteiger partial charge on any atom is -0.410 e. The van der Waals surface area contributed by atoms with Crippen LogP contribution in [0.15, 0.2) is 64.2 Å². The molecule has 23 heavy (non-hydrogen) atoms. The standard InChI is InChI=1S/C17H16ClN3OS/c18-14-8-6-13(7-9-14)11-23-17-21-20-16(22-17)15(19)10-12-4-2-1-3-5-12/h1-9,15H,10-11,19H2/p+1. The highest BCUT2D eigenvalue weighted by Gasteiger charge is 2.18. The van der Waals surface area contributed by atoms with Crippen molar-refractivity contribution in [2.45, 2.75) is 23.4 Å². The van der Waals surface area contributed by atoms with Gasteiger partial charge in [0.15, 0.2) is 6.04 Å². The van der Waals surface area contributed by atoms with Gasteiger partial charge in [-0.15, -0.1) is 10.2 Å². The molecule has 1 heterocycles. The molecule has 2 aromatic carbocycles. The van der Waals surface area contributed by atoms with Crippen molar-refractivity contribution in [1.29, 1.82) is 0 Å². The van der Waals surface area contributed by atoms with E-state index in [-0.39, 0.29) is 6.04 Å². The zero-order valence-electron chi connectivity index (χ0n) is 12.5. The van der Waals surface area contributed by atoms with Crippen LogP contribution in [0.5, 0.6) is 0 Å². The Kier molecular flexibility index (Phi) is 5.33. The molecule has 0 spiro atoms. The quantitative estimate of drug-likeness (QED) is 0.693. The maximum Gasteiger partial charge on any atom is 0.277 e. The first kappa shape index (κ1) is 16.1. The van der Waals surface area contributed by atoms with Gasteiger partial charge in [-0.3, -0.25) is 0 Å². The lowest BCUT2D eigenvalue weighted by atomic mass is 10.1. The van der Waals surface area contributed by atoms with Gasteiger partial charge < -0.3 is 10.2 Å². The Morgan fingerprint density at radius 3 is 2.48 bits per heavy atom. The number of thioether (sulfide) groups is 1. The summed E-state index contributed by atoms with van der Waals surface area (Å²) in [5.41, 5.74) is 6.50. The molecule has 0 aliphatic carbocycles. The van der Waals surface area contributed by atoms with Crippen LogP contribution in [-0.2, 0) is 12.2 Å². The first-order chi connectivity index (χ1) is 11.2. The molecule has 0 amide bonds. The van der Waals surface area contributed by atoms with Crippen LogP contribution in [0.25, 0.3) is 0 Å². The van der Waals surface area contributed by atoms with Gasteiger partial charge in [0.05, 0.1) is 0 Å². The monoisotopic (exact) mass is 346 g/mol. The summed E-state index contributed by atoms with van der Waals surface area (Å²) in [6, 6.07) is 17.9. The number of benzene rings is 2. The second-order valence-electron chi connectivity index (χ2n) is 5.21. The van der Waals surface area contributed by atoms with Crippen LogP contribution in [0.4, 0.5) is 0 Å². The molecular weight excluding hydrogens is 330 g/mol. The van der Waals surface area contributed by atoms with Crippen molar-refractivity contribution < 1.29 is 10.2 Å². The third kappa shape index (κ3) is 4.58. The summed E-state index contributed by atoms with van der Waals surface area (Å²) >= 11 is 7.39. The maximum absolute atomic E-state index is 5.88. The van der Waals surface area contributed by atoms with Gasteiger partial charge in [-0.25, -0.2) is 0 Å². The minimum atomic E-state index is -0.0465. The topological polar surface area (TPSA) is 66.6 Å². The molecule has 0 aliphatic rings. The second-order valence-corrected chi connectivity index (χ2v) is 6.57. The average molecular weight is 347 g/mol. The van der Waals surface area contributed by atoms with Gasteiger partial charge in [-0.2, -0.15) is 0 Å². The molecule has 0 saturated carbocycles. The molecular formula is C17H17ClN3OS+. The van der Waals surface area contributed by atoms with Crippen LogP contribution in [0.2, 0.25) is 5.02 Å². The molecule has 0 radical (unpaired) electrons. The van der Waals surface area contributed by atoms with E-state index < -0.39 is 0 Å². The molecule has 1 unspecified atom stereocenters. The van der Waals surface area contributed by atoms with Gasteiger partial charge in [0.2, 0.25) is 0 Å². The Labute approximate surface area is 144 Å². The number of hydrogen-bond acceptors (Lipinski definition) is 4. The van der Waals surface area contributed by atoms with E-state index in [1.165, 1.54) is 17.3 Å². The molecule has 4 nitrogen and oxygen atoms in total. The molecule has 1 aromatic heterocycles. The van der Waals surface area contributed by atoms with E-state index in [0.29, 0.717) is 11.1 Å². The van der Waals surface area contributed by atoms with Crippen LogP contribution < -0.4 is 5.73 Å². The van der Waals surface area contributed by atoms with Crippen LogP contribution in [-0.4, -0.2) is 10.2 Å². The Balaban J connectivity index is 1.58. The molecule has 3 N–H and O–H groups in total. The lowest BCUT2D eigenvalue weighted by Gasteiger charge is -2.03. The summed E-state index contributed by atoms with van der Waals surface area (Å²) in [4.78, 5) is 0. The summed E-state index contributed by atoms with van der Waals surface area (Å²) in [5, 5.41) is 9.51. The maximum atomic E-state index is 5.88. The summed E-state index contributed by atoms with van der Waals surface area (Å²) in [6.45, 7) is 0. The Morgan fingerprint density at radius 1 is 1.00 bits per heavy atom. The van der Waals surface area contributed by atoms with E-state index in [1.54, 1.807) is 0 Å². The second kappa shape index (κ2) is 7.64. The normalized spacial score (nSPS) is 12.3. The molecule has 0 bridgehead atoms. The van der Waals surface area contributed by atoms with E-state index in [0.717, 1.165) is 22.8 Å². The lowest BCUT2D eigenvalue weighted by molar-refractivity contribution is -0.431. The third-order valence-corrected chi connectivity index (χ3v) is 4.51. The fourth-order valence-corrected chi connectivity index (χ4v) is 3.01. The molecule has 6 heteroatoms. The highest BCUT2D eigenvalue weighted by Crippen LogP contribution is 2.24. The Morgan fingerprint density at radius 2 is 1.74 bits per heavy atom. The summed E-state index contributed by atoms with van der Waals surface area (Å²) in [6.07, 6.45) is 0.782. The molecule has 3 rings (SSSR count). The predicted octanol–water partition coefficient (Wildman–Crippen LogP) is 3.54. The van der Waals surface area contributed by atoms with Crippen molar-refractivity contribution in [3.8, 4) is 0 Å². The van der Waals surface area contributed by atoms with Gasteiger partial charge >= 0.3 is 0 Å². The summed E-state index contributed by atoms with van der Waals surface area (Å²) in [7, 11) is 0. The third-order valence-electron chi connectivity index (χ3n) is 3.37. The zero-order chi connectivity index (χ0) is 16.1. The first-order valence-corrected chi connectivity index (χ1v) is 8.65. The molecule has 0 fully saturated rings. The van der Waals surface area contributed by atoms with Gasteiger partial charge in [-0.05, 0) is 23.3 Å². The molecule has 118 valence electrons. The fourth-order valence-electron chi connectivity index (χ4n) is 2.16. The van der Waals surface area contributed by atoms with Gasteiger partial charge in [-0.1, -0.05) is 65.8 Å². The Bertz CT molecular complexity index is 746. The lowest BCUT2D eigenvalue weighted by Crippen LogP contribution is -2.54. The van der Waals surface area contributed by atoms with E-state index in [2.05, 4.69) is 28.1 Å². The molecule has 1 atom stereocenters.